The molecule has 2 aromatic heterocycles. The quantitative estimate of drug-likeness (QED) is 0.422. The number of nitrogens with one attached hydrogen (secondary N) is 1. The number of amides is 1. The number of carboxylic acids is 1. The summed E-state index contributed by atoms with van der Waals surface area (Å²) in [6.07, 6.45) is -4.59. The predicted octanol–water partition coefficient (Wildman–Crippen LogP) is 4.79. The molecular formula is C23H16F3N3O4S. The zero-order chi connectivity index (χ0) is 24.6. The summed E-state index contributed by atoms with van der Waals surface area (Å²) in [5.74, 6) is -1.95. The molecule has 0 bridgehead atoms. The summed E-state index contributed by atoms with van der Waals surface area (Å²) >= 11 is 0.990. The molecule has 1 amide bonds. The monoisotopic (exact) mass is 487 g/mol. The molecule has 11 heteroatoms. The van der Waals surface area contributed by atoms with Gasteiger partial charge in [0, 0.05) is 16.6 Å². The van der Waals surface area contributed by atoms with E-state index < -0.39 is 35.7 Å². The van der Waals surface area contributed by atoms with E-state index in [2.05, 4.69) is 10.3 Å². The number of aromatic nitrogens is 2. The highest BCUT2D eigenvalue weighted by atomic mass is 32.1. The second-order valence-electron chi connectivity index (χ2n) is 7.45. The number of aromatic carboxylic acids is 1. The first-order valence-corrected chi connectivity index (χ1v) is 10.7. The van der Waals surface area contributed by atoms with E-state index in [-0.39, 0.29) is 27.3 Å². The maximum absolute atomic E-state index is 13.3. The van der Waals surface area contributed by atoms with E-state index in [1.165, 1.54) is 11.4 Å². The first kappa shape index (κ1) is 23.2. The fourth-order valence-electron chi connectivity index (χ4n) is 3.37. The highest BCUT2D eigenvalue weighted by molar-refractivity contribution is 7.17. The van der Waals surface area contributed by atoms with Crippen molar-refractivity contribution in [3.8, 4) is 11.4 Å². The Bertz CT molecular complexity index is 1470. The van der Waals surface area contributed by atoms with E-state index >= 15 is 0 Å². The minimum atomic E-state index is -4.59. The Morgan fingerprint density at radius 2 is 1.85 bits per heavy atom. The number of fused-ring (bicyclic) bond motifs is 1. The van der Waals surface area contributed by atoms with Gasteiger partial charge in [0.25, 0.3) is 5.56 Å². The molecule has 0 atom stereocenters. The summed E-state index contributed by atoms with van der Waals surface area (Å²) in [5, 5.41) is 12.9. The van der Waals surface area contributed by atoms with E-state index in [1.54, 1.807) is 24.3 Å². The first-order chi connectivity index (χ1) is 16.0. The van der Waals surface area contributed by atoms with Crippen LogP contribution in [0.2, 0.25) is 0 Å². The van der Waals surface area contributed by atoms with Gasteiger partial charge in [0.1, 0.15) is 17.2 Å². The van der Waals surface area contributed by atoms with Crippen LogP contribution in [-0.2, 0) is 17.5 Å². The maximum atomic E-state index is 13.3. The Hall–Kier alpha value is -3.99. The molecule has 4 aromatic rings. The van der Waals surface area contributed by atoms with Gasteiger partial charge < -0.3 is 10.4 Å². The summed E-state index contributed by atoms with van der Waals surface area (Å²) in [6, 6.07) is 11.1. The van der Waals surface area contributed by atoms with Crippen LogP contribution in [0.1, 0.15) is 21.5 Å². The minimum absolute atomic E-state index is 0.0967. The molecule has 4 rings (SSSR count). The van der Waals surface area contributed by atoms with E-state index in [0.717, 1.165) is 39.7 Å². The SMILES string of the molecule is Cc1ccc(-c2nc3scc(C(=O)O)c3c(=O)n2CC(=O)Nc2cccc(C(F)(F)F)c2)cc1. The Morgan fingerprint density at radius 3 is 2.50 bits per heavy atom. The molecule has 0 aliphatic carbocycles. The van der Waals surface area contributed by atoms with Crippen LogP contribution in [0.15, 0.2) is 58.7 Å². The van der Waals surface area contributed by atoms with Crippen molar-refractivity contribution in [2.75, 3.05) is 5.32 Å². The highest BCUT2D eigenvalue weighted by Gasteiger charge is 2.30. The average Bonchev–Trinajstić information content (AvgIpc) is 3.20. The number of halogens is 3. The van der Waals surface area contributed by atoms with Crippen LogP contribution in [0.5, 0.6) is 0 Å². The fourth-order valence-corrected chi connectivity index (χ4v) is 4.27. The van der Waals surface area contributed by atoms with Crippen molar-refractivity contribution in [3.05, 3.63) is 81.0 Å². The van der Waals surface area contributed by atoms with E-state index in [4.69, 9.17) is 0 Å². The third-order valence-corrected chi connectivity index (χ3v) is 5.88. The molecule has 2 heterocycles. The third kappa shape index (κ3) is 4.55. The number of rotatable bonds is 5. The number of thiophene rings is 1. The number of carbonyl (C=O) groups is 2. The van der Waals surface area contributed by atoms with E-state index in [1.807, 2.05) is 6.92 Å². The lowest BCUT2D eigenvalue weighted by Crippen LogP contribution is -2.30. The van der Waals surface area contributed by atoms with Crippen molar-refractivity contribution >= 4 is 39.1 Å². The number of carboxylic acid groups (broad SMARTS) is 1. The molecule has 2 aromatic carbocycles. The van der Waals surface area contributed by atoms with Gasteiger partial charge in [0.05, 0.1) is 16.5 Å². The summed E-state index contributed by atoms with van der Waals surface area (Å²) in [4.78, 5) is 42.2. The van der Waals surface area contributed by atoms with Crippen LogP contribution in [0, 0.1) is 6.92 Å². The number of aryl methyl sites for hydroxylation is 1. The third-order valence-electron chi connectivity index (χ3n) is 5.01. The van der Waals surface area contributed by atoms with Gasteiger partial charge in [-0.3, -0.25) is 14.2 Å². The van der Waals surface area contributed by atoms with Gasteiger partial charge >= 0.3 is 12.1 Å². The molecule has 2 N–H and O–H groups in total. The lowest BCUT2D eigenvalue weighted by atomic mass is 10.1. The van der Waals surface area contributed by atoms with Gasteiger partial charge in [-0.1, -0.05) is 35.9 Å². The molecule has 0 saturated heterocycles. The lowest BCUT2D eigenvalue weighted by Gasteiger charge is -2.14. The molecule has 34 heavy (non-hydrogen) atoms. The minimum Gasteiger partial charge on any atom is -0.478 e. The maximum Gasteiger partial charge on any atom is 0.416 e. The molecule has 0 saturated carbocycles. The van der Waals surface area contributed by atoms with Crippen molar-refractivity contribution in [3.63, 3.8) is 0 Å². The molecule has 7 nitrogen and oxygen atoms in total. The summed E-state index contributed by atoms with van der Waals surface area (Å²) in [6.45, 7) is 1.28. The Morgan fingerprint density at radius 1 is 1.15 bits per heavy atom. The van der Waals surface area contributed by atoms with Crippen molar-refractivity contribution in [2.24, 2.45) is 0 Å². The Kier molecular flexibility index (Phi) is 5.96. The number of hydrogen-bond acceptors (Lipinski definition) is 5. The topological polar surface area (TPSA) is 101 Å². The van der Waals surface area contributed by atoms with Crippen molar-refractivity contribution in [2.45, 2.75) is 19.6 Å². The van der Waals surface area contributed by atoms with Gasteiger partial charge in [0.15, 0.2) is 0 Å². The van der Waals surface area contributed by atoms with Crippen LogP contribution >= 0.6 is 11.3 Å². The zero-order valence-electron chi connectivity index (χ0n) is 17.5. The summed E-state index contributed by atoms with van der Waals surface area (Å²) in [7, 11) is 0. The standard InChI is InChI=1S/C23H16F3N3O4S/c1-12-5-7-13(8-6-12)19-28-20-18(16(11-34-20)22(32)33)21(31)29(19)10-17(30)27-15-4-2-3-14(9-15)23(24,25)26/h2-9,11H,10H2,1H3,(H,27,30)(H,32,33). The fraction of sp³-hybridized carbons (Fsp3) is 0.130. The summed E-state index contributed by atoms with van der Waals surface area (Å²) < 4.78 is 40.0. The van der Waals surface area contributed by atoms with Gasteiger partial charge in [0.2, 0.25) is 5.91 Å². The van der Waals surface area contributed by atoms with Gasteiger partial charge in [-0.25, -0.2) is 9.78 Å². The van der Waals surface area contributed by atoms with Crippen molar-refractivity contribution in [1.82, 2.24) is 9.55 Å². The normalized spacial score (nSPS) is 11.5. The Labute approximate surface area is 194 Å². The van der Waals surface area contributed by atoms with Gasteiger partial charge in [-0.15, -0.1) is 11.3 Å². The number of carbonyl (C=O) groups excluding carboxylic acids is 1. The lowest BCUT2D eigenvalue weighted by molar-refractivity contribution is -0.137. The summed E-state index contributed by atoms with van der Waals surface area (Å²) in [5.41, 5.74) is -0.540. The van der Waals surface area contributed by atoms with E-state index in [0.29, 0.717) is 5.56 Å². The van der Waals surface area contributed by atoms with Crippen LogP contribution < -0.4 is 10.9 Å². The number of alkyl halides is 3. The first-order valence-electron chi connectivity index (χ1n) is 9.84. The van der Waals surface area contributed by atoms with Gasteiger partial charge in [-0.2, -0.15) is 13.2 Å². The second-order valence-corrected chi connectivity index (χ2v) is 8.31. The van der Waals surface area contributed by atoms with Crippen molar-refractivity contribution in [1.29, 1.82) is 0 Å². The molecular weight excluding hydrogens is 471 g/mol. The molecule has 0 radical (unpaired) electrons. The molecule has 174 valence electrons. The number of hydrogen-bond donors (Lipinski definition) is 2. The molecule has 0 aliphatic heterocycles. The predicted molar refractivity (Wildman–Crippen MR) is 121 cm³/mol. The Balaban J connectivity index is 1.78. The second kappa shape index (κ2) is 8.75. The molecule has 0 aliphatic rings. The van der Waals surface area contributed by atoms with Gasteiger partial charge in [-0.05, 0) is 25.1 Å². The molecule has 0 spiro atoms. The average molecular weight is 487 g/mol. The smallest absolute Gasteiger partial charge is 0.416 e. The number of benzene rings is 2. The van der Waals surface area contributed by atoms with Crippen LogP contribution in [-0.4, -0.2) is 26.5 Å². The molecule has 0 fully saturated rings. The van der Waals surface area contributed by atoms with Crippen LogP contribution in [0.3, 0.4) is 0 Å². The number of nitrogens with zero attached hydrogens (tertiary/aromatic N) is 2. The van der Waals surface area contributed by atoms with Crippen LogP contribution in [0.25, 0.3) is 21.6 Å². The van der Waals surface area contributed by atoms with Crippen molar-refractivity contribution < 1.29 is 27.9 Å². The molecule has 0 unspecified atom stereocenters. The zero-order valence-corrected chi connectivity index (χ0v) is 18.3. The van der Waals surface area contributed by atoms with Crippen LogP contribution in [0.4, 0.5) is 18.9 Å². The number of anilines is 1. The van der Waals surface area contributed by atoms with E-state index in [9.17, 15) is 32.7 Å². The largest absolute Gasteiger partial charge is 0.478 e. The highest BCUT2D eigenvalue weighted by Crippen LogP contribution is 2.31.